The second kappa shape index (κ2) is 4.81. The van der Waals surface area contributed by atoms with Crippen LogP contribution < -0.4 is 4.74 Å². The number of ether oxygens (including phenoxy) is 1. The summed E-state index contributed by atoms with van der Waals surface area (Å²) in [5.41, 5.74) is 1.60. The van der Waals surface area contributed by atoms with E-state index >= 15 is 0 Å². The topological polar surface area (TPSA) is 29.9 Å². The molecule has 0 atom stereocenters. The third-order valence-electron chi connectivity index (χ3n) is 2.94. The number of rotatable bonds is 2. The van der Waals surface area contributed by atoms with Crippen molar-refractivity contribution in [2.75, 3.05) is 7.11 Å². The molecule has 5 heteroatoms. The van der Waals surface area contributed by atoms with Crippen LogP contribution in [0.25, 0.3) is 5.69 Å². The highest BCUT2D eigenvalue weighted by Gasteiger charge is 2.20. The molecule has 0 aliphatic rings. The second-order valence-electron chi connectivity index (χ2n) is 5.38. The van der Waals surface area contributed by atoms with Crippen molar-refractivity contribution in [1.82, 2.24) is 9.55 Å². The van der Waals surface area contributed by atoms with E-state index in [1.807, 2.05) is 10.8 Å². The van der Waals surface area contributed by atoms with Crippen molar-refractivity contribution in [3.05, 3.63) is 40.7 Å². The number of hydrogen-bond acceptors (Lipinski definition) is 2. The summed E-state index contributed by atoms with van der Waals surface area (Å²) in [5.74, 6) is -0.175. The Balaban J connectivity index is 2.63. The van der Waals surface area contributed by atoms with Gasteiger partial charge in [-0.3, -0.25) is 4.57 Å². The van der Waals surface area contributed by atoms with E-state index in [1.165, 1.54) is 13.2 Å². The van der Waals surface area contributed by atoms with E-state index in [9.17, 15) is 4.39 Å². The van der Waals surface area contributed by atoms with Crippen LogP contribution in [0.4, 0.5) is 4.39 Å². The molecule has 0 aliphatic carbocycles. The van der Waals surface area contributed by atoms with Gasteiger partial charge in [0.25, 0.3) is 0 Å². The van der Waals surface area contributed by atoms with Gasteiger partial charge in [0.15, 0.2) is 16.3 Å². The maximum Gasteiger partial charge on any atom is 0.182 e. The van der Waals surface area contributed by atoms with Crippen molar-refractivity contribution in [2.45, 2.75) is 26.2 Å². The molecule has 1 N–H and O–H groups in total. The quantitative estimate of drug-likeness (QED) is 0.843. The Labute approximate surface area is 117 Å². The van der Waals surface area contributed by atoms with Crippen molar-refractivity contribution < 1.29 is 9.13 Å². The predicted octanol–water partition coefficient (Wildman–Crippen LogP) is 3.98. The summed E-state index contributed by atoms with van der Waals surface area (Å²) in [5, 5.41) is 0. The number of halogens is 1. The second-order valence-corrected chi connectivity index (χ2v) is 5.77. The zero-order chi connectivity index (χ0) is 14.2. The van der Waals surface area contributed by atoms with Crippen LogP contribution in [0.5, 0.6) is 5.75 Å². The standard InChI is InChI=1S/C14H17FN2OS/c1-14(2,3)12-8-16-13(19)17(12)9-5-6-11(18-4)10(15)7-9/h5-8H,1-4H3,(H,16,19). The summed E-state index contributed by atoms with van der Waals surface area (Å²) in [6, 6.07) is 4.82. The molecule has 19 heavy (non-hydrogen) atoms. The number of nitrogens with zero attached hydrogens (tertiary/aromatic N) is 1. The lowest BCUT2D eigenvalue weighted by Crippen LogP contribution is -2.16. The smallest absolute Gasteiger partial charge is 0.182 e. The van der Waals surface area contributed by atoms with Gasteiger partial charge in [-0.15, -0.1) is 0 Å². The minimum atomic E-state index is -0.400. The van der Waals surface area contributed by atoms with E-state index in [0.717, 1.165) is 5.69 Å². The summed E-state index contributed by atoms with van der Waals surface area (Å²) < 4.78 is 21.1. The predicted molar refractivity (Wildman–Crippen MR) is 76.2 cm³/mol. The molecule has 2 aromatic rings. The van der Waals surface area contributed by atoms with E-state index < -0.39 is 5.82 Å². The molecule has 0 unspecified atom stereocenters. The molecule has 0 bridgehead atoms. The van der Waals surface area contributed by atoms with Crippen LogP contribution in [0.2, 0.25) is 0 Å². The van der Waals surface area contributed by atoms with E-state index in [1.54, 1.807) is 12.1 Å². The largest absolute Gasteiger partial charge is 0.494 e. The zero-order valence-electron chi connectivity index (χ0n) is 11.5. The van der Waals surface area contributed by atoms with Gasteiger partial charge in [-0.25, -0.2) is 4.39 Å². The number of hydrogen-bond donors (Lipinski definition) is 1. The lowest BCUT2D eigenvalue weighted by atomic mass is 9.92. The van der Waals surface area contributed by atoms with Gasteiger partial charge in [0.2, 0.25) is 0 Å². The fourth-order valence-electron chi connectivity index (χ4n) is 1.97. The Morgan fingerprint density at radius 1 is 1.32 bits per heavy atom. The highest BCUT2D eigenvalue weighted by Crippen LogP contribution is 2.27. The molecule has 0 amide bonds. The molecule has 0 aliphatic heterocycles. The molecule has 3 nitrogen and oxygen atoms in total. The van der Waals surface area contributed by atoms with E-state index in [4.69, 9.17) is 17.0 Å². The van der Waals surface area contributed by atoms with Gasteiger partial charge in [0.1, 0.15) is 0 Å². The highest BCUT2D eigenvalue weighted by atomic mass is 32.1. The summed E-state index contributed by atoms with van der Waals surface area (Å²) in [6.45, 7) is 6.25. The van der Waals surface area contributed by atoms with Gasteiger partial charge in [-0.2, -0.15) is 0 Å². The number of H-pyrrole nitrogens is 1. The van der Waals surface area contributed by atoms with Crippen molar-refractivity contribution >= 4 is 12.2 Å². The molecule has 1 aromatic carbocycles. The average Bonchev–Trinajstić information content (AvgIpc) is 2.70. The monoisotopic (exact) mass is 280 g/mol. The molecule has 0 fully saturated rings. The molecule has 0 spiro atoms. The van der Waals surface area contributed by atoms with E-state index in [0.29, 0.717) is 10.5 Å². The van der Waals surface area contributed by atoms with Gasteiger partial charge in [0, 0.05) is 23.4 Å². The molecular weight excluding hydrogens is 263 g/mol. The molecule has 0 saturated carbocycles. The van der Waals surface area contributed by atoms with Crippen LogP contribution in [0.15, 0.2) is 24.4 Å². The Bertz CT molecular complexity index is 652. The van der Waals surface area contributed by atoms with Crippen molar-refractivity contribution in [3.8, 4) is 11.4 Å². The molecular formula is C14H17FN2OS. The first-order chi connectivity index (χ1) is 8.84. The molecule has 1 aromatic heterocycles. The molecule has 0 saturated heterocycles. The summed E-state index contributed by atoms with van der Waals surface area (Å²) in [7, 11) is 1.45. The van der Waals surface area contributed by atoms with Crippen LogP contribution in [-0.4, -0.2) is 16.7 Å². The first kappa shape index (κ1) is 13.8. The van der Waals surface area contributed by atoms with Crippen molar-refractivity contribution in [3.63, 3.8) is 0 Å². The Kier molecular flexibility index (Phi) is 3.49. The van der Waals surface area contributed by atoms with Crippen LogP contribution in [-0.2, 0) is 5.41 Å². The normalized spacial score (nSPS) is 11.6. The van der Waals surface area contributed by atoms with Crippen LogP contribution in [0, 0.1) is 10.6 Å². The molecule has 1 heterocycles. The lowest BCUT2D eigenvalue weighted by Gasteiger charge is -2.21. The minimum absolute atomic E-state index is 0.0933. The van der Waals surface area contributed by atoms with Gasteiger partial charge in [0.05, 0.1) is 12.8 Å². The number of methoxy groups -OCH3 is 1. The first-order valence-electron chi connectivity index (χ1n) is 5.99. The number of benzene rings is 1. The molecule has 102 valence electrons. The third-order valence-corrected chi connectivity index (χ3v) is 3.24. The van der Waals surface area contributed by atoms with Gasteiger partial charge in [-0.05, 0) is 24.4 Å². The maximum absolute atomic E-state index is 13.8. The Morgan fingerprint density at radius 3 is 2.53 bits per heavy atom. The number of imidazole rings is 1. The fourth-order valence-corrected chi connectivity index (χ4v) is 2.23. The number of aromatic nitrogens is 2. The summed E-state index contributed by atoms with van der Waals surface area (Å²) >= 11 is 5.28. The van der Waals surface area contributed by atoms with Gasteiger partial charge >= 0.3 is 0 Å². The summed E-state index contributed by atoms with van der Waals surface area (Å²) in [4.78, 5) is 3.01. The third kappa shape index (κ3) is 2.56. The number of nitrogens with one attached hydrogen (secondary N) is 1. The molecule has 2 rings (SSSR count). The minimum Gasteiger partial charge on any atom is -0.494 e. The van der Waals surface area contributed by atoms with Crippen molar-refractivity contribution in [2.24, 2.45) is 0 Å². The molecule has 0 radical (unpaired) electrons. The van der Waals surface area contributed by atoms with Gasteiger partial charge < -0.3 is 9.72 Å². The van der Waals surface area contributed by atoms with Gasteiger partial charge in [-0.1, -0.05) is 20.8 Å². The fraction of sp³-hybridized carbons (Fsp3) is 0.357. The Hall–Kier alpha value is -1.62. The first-order valence-corrected chi connectivity index (χ1v) is 6.40. The van der Waals surface area contributed by atoms with Crippen molar-refractivity contribution in [1.29, 1.82) is 0 Å². The number of aromatic amines is 1. The van der Waals surface area contributed by atoms with E-state index in [-0.39, 0.29) is 11.2 Å². The van der Waals surface area contributed by atoms with Crippen LogP contribution in [0.3, 0.4) is 0 Å². The zero-order valence-corrected chi connectivity index (χ0v) is 12.3. The summed E-state index contributed by atoms with van der Waals surface area (Å²) in [6.07, 6.45) is 1.87. The average molecular weight is 280 g/mol. The Morgan fingerprint density at radius 2 is 2.00 bits per heavy atom. The SMILES string of the molecule is COc1ccc(-n2c(C(C)(C)C)c[nH]c2=S)cc1F. The maximum atomic E-state index is 13.8. The van der Waals surface area contributed by atoms with Crippen LogP contribution >= 0.6 is 12.2 Å². The van der Waals surface area contributed by atoms with Crippen LogP contribution in [0.1, 0.15) is 26.5 Å². The highest BCUT2D eigenvalue weighted by molar-refractivity contribution is 7.71. The lowest BCUT2D eigenvalue weighted by molar-refractivity contribution is 0.386. The van der Waals surface area contributed by atoms with E-state index in [2.05, 4.69) is 25.8 Å².